The molecule has 0 aromatic heterocycles. The number of ether oxygens (including phenoxy) is 5. The first-order valence-corrected chi connectivity index (χ1v) is 12.9. The number of carbonyl (C=O) groups is 1. The van der Waals surface area contributed by atoms with Crippen LogP contribution in [0.2, 0.25) is 0 Å². The molecule has 9 heteroatoms. The molecule has 1 fully saturated rings. The van der Waals surface area contributed by atoms with Gasteiger partial charge in [0.15, 0.2) is 5.79 Å². The lowest BCUT2D eigenvalue weighted by Gasteiger charge is -2.25. The molecule has 2 aromatic carbocycles. The van der Waals surface area contributed by atoms with Gasteiger partial charge in [0.05, 0.1) is 30.3 Å². The molecule has 0 aliphatic carbocycles. The summed E-state index contributed by atoms with van der Waals surface area (Å²) in [5.74, 6) is -0.716. The van der Waals surface area contributed by atoms with Gasteiger partial charge < -0.3 is 23.7 Å². The molecule has 0 N–H and O–H groups in total. The van der Waals surface area contributed by atoms with Crippen molar-refractivity contribution >= 4 is 11.7 Å². The predicted octanol–water partition coefficient (Wildman–Crippen LogP) is 6.02. The van der Waals surface area contributed by atoms with Crippen molar-refractivity contribution in [2.75, 3.05) is 7.11 Å². The highest BCUT2D eigenvalue weighted by Crippen LogP contribution is 2.34. The van der Waals surface area contributed by atoms with E-state index in [0.29, 0.717) is 13.0 Å². The Morgan fingerprint density at radius 1 is 1.10 bits per heavy atom. The van der Waals surface area contributed by atoms with Gasteiger partial charge in [-0.3, -0.25) is 10.1 Å². The van der Waals surface area contributed by atoms with Gasteiger partial charge in [0.2, 0.25) is 0 Å². The minimum absolute atomic E-state index is 0.0902. The standard InChI is InChI=1S/C30H37NO8/c1-7-8-27-28(39-30(4,5)38-27)26(36-19-22-10-16-25(35-6)17-11-22)18-9-20(2)21(3)37-29(32)23-12-14-24(15-13-23)31(33)34/h7,9-18,20-21,26-28H,1,8,19H2,2-6H3/b18-9-/t20-,21+,26-,27+,28-/m1/s1. The molecule has 2 aromatic rings. The summed E-state index contributed by atoms with van der Waals surface area (Å²) in [5.41, 5.74) is 1.13. The fraction of sp³-hybridized carbons (Fsp3) is 0.433. The van der Waals surface area contributed by atoms with Gasteiger partial charge in [-0.2, -0.15) is 0 Å². The molecule has 9 nitrogen and oxygen atoms in total. The Morgan fingerprint density at radius 2 is 1.77 bits per heavy atom. The number of nitrogens with zero attached hydrogens (tertiary/aromatic N) is 1. The van der Waals surface area contributed by atoms with Crippen LogP contribution in [-0.2, 0) is 25.6 Å². The lowest BCUT2D eigenvalue weighted by Crippen LogP contribution is -2.36. The maximum Gasteiger partial charge on any atom is 0.338 e. The van der Waals surface area contributed by atoms with Crippen molar-refractivity contribution in [1.82, 2.24) is 0 Å². The van der Waals surface area contributed by atoms with E-state index in [2.05, 4.69) is 6.58 Å². The highest BCUT2D eigenvalue weighted by atomic mass is 16.8. The van der Waals surface area contributed by atoms with Crippen LogP contribution >= 0.6 is 0 Å². The van der Waals surface area contributed by atoms with E-state index in [1.165, 1.54) is 24.3 Å². The monoisotopic (exact) mass is 539 g/mol. The normalized spacial score (nSPS) is 20.7. The van der Waals surface area contributed by atoms with E-state index in [-0.39, 0.29) is 29.4 Å². The summed E-state index contributed by atoms with van der Waals surface area (Å²) in [6.07, 6.45) is 4.74. The molecule has 0 saturated carbocycles. The van der Waals surface area contributed by atoms with Crippen molar-refractivity contribution in [3.63, 3.8) is 0 Å². The van der Waals surface area contributed by atoms with Crippen LogP contribution in [0.3, 0.4) is 0 Å². The summed E-state index contributed by atoms with van der Waals surface area (Å²) in [7, 11) is 1.62. The Labute approximate surface area is 229 Å². The Kier molecular flexibility index (Phi) is 10.4. The predicted molar refractivity (Wildman–Crippen MR) is 146 cm³/mol. The van der Waals surface area contributed by atoms with E-state index in [0.717, 1.165) is 11.3 Å². The molecular formula is C30H37NO8. The summed E-state index contributed by atoms with van der Waals surface area (Å²) in [6.45, 7) is 11.7. The molecule has 1 aliphatic rings. The highest BCUT2D eigenvalue weighted by Gasteiger charge is 2.44. The van der Waals surface area contributed by atoms with Gasteiger partial charge in [0, 0.05) is 18.1 Å². The van der Waals surface area contributed by atoms with Crippen LogP contribution in [0.4, 0.5) is 5.69 Å². The SMILES string of the molecule is C=CC[C@@H]1OC(C)(C)O[C@@H]1[C@@H](/C=C\[C@@H](C)[C@H](C)OC(=O)c1ccc([N+](=O)[O-])cc1)OCc1ccc(OC)cc1. The lowest BCUT2D eigenvalue weighted by atomic mass is 10.0. The van der Waals surface area contributed by atoms with Crippen molar-refractivity contribution in [3.8, 4) is 5.75 Å². The van der Waals surface area contributed by atoms with Gasteiger partial charge in [-0.15, -0.1) is 6.58 Å². The van der Waals surface area contributed by atoms with Crippen molar-refractivity contribution in [2.24, 2.45) is 5.92 Å². The molecule has 0 amide bonds. The van der Waals surface area contributed by atoms with Crippen LogP contribution in [-0.4, -0.2) is 48.2 Å². The molecule has 0 spiro atoms. The summed E-state index contributed by atoms with van der Waals surface area (Å²) >= 11 is 0. The number of hydrogen-bond donors (Lipinski definition) is 0. The van der Waals surface area contributed by atoms with E-state index in [1.807, 2.05) is 57.2 Å². The van der Waals surface area contributed by atoms with Gasteiger partial charge in [0.1, 0.15) is 24.1 Å². The molecule has 210 valence electrons. The average Bonchev–Trinajstić information content (AvgIpc) is 3.22. The molecule has 5 atom stereocenters. The second-order valence-corrected chi connectivity index (χ2v) is 9.95. The Bertz CT molecular complexity index is 1140. The zero-order chi connectivity index (χ0) is 28.6. The number of nitro groups is 1. The summed E-state index contributed by atoms with van der Waals surface area (Å²) in [6, 6.07) is 13.0. The van der Waals surface area contributed by atoms with Gasteiger partial charge in [-0.05, 0) is 57.0 Å². The lowest BCUT2D eigenvalue weighted by molar-refractivity contribution is -0.384. The number of rotatable bonds is 13. The smallest absolute Gasteiger partial charge is 0.338 e. The molecule has 1 saturated heterocycles. The molecule has 3 rings (SSSR count). The van der Waals surface area contributed by atoms with Crippen molar-refractivity contribution in [1.29, 1.82) is 0 Å². The second-order valence-electron chi connectivity index (χ2n) is 9.95. The number of carbonyl (C=O) groups excluding carboxylic acids is 1. The van der Waals surface area contributed by atoms with Crippen LogP contribution in [0.25, 0.3) is 0 Å². The van der Waals surface area contributed by atoms with Crippen LogP contribution in [0.15, 0.2) is 73.3 Å². The zero-order valence-electron chi connectivity index (χ0n) is 23.1. The van der Waals surface area contributed by atoms with Crippen molar-refractivity contribution < 1.29 is 33.4 Å². The van der Waals surface area contributed by atoms with Crippen molar-refractivity contribution in [2.45, 2.75) is 70.9 Å². The van der Waals surface area contributed by atoms with Gasteiger partial charge >= 0.3 is 5.97 Å². The van der Waals surface area contributed by atoms with E-state index in [1.54, 1.807) is 20.1 Å². The fourth-order valence-corrected chi connectivity index (χ4v) is 4.17. The van der Waals surface area contributed by atoms with Crippen LogP contribution in [0.5, 0.6) is 5.75 Å². The number of benzene rings is 2. The molecular weight excluding hydrogens is 502 g/mol. The highest BCUT2D eigenvalue weighted by molar-refractivity contribution is 5.89. The van der Waals surface area contributed by atoms with E-state index in [4.69, 9.17) is 23.7 Å². The topological polar surface area (TPSA) is 106 Å². The van der Waals surface area contributed by atoms with Crippen LogP contribution in [0, 0.1) is 16.0 Å². The first kappa shape index (κ1) is 30.0. The minimum atomic E-state index is -0.771. The number of esters is 1. The van der Waals surface area contributed by atoms with Crippen molar-refractivity contribution in [3.05, 3.63) is 94.6 Å². The summed E-state index contributed by atoms with van der Waals surface area (Å²) < 4.78 is 29.5. The van der Waals surface area contributed by atoms with Gasteiger partial charge in [-0.1, -0.05) is 37.3 Å². The summed E-state index contributed by atoms with van der Waals surface area (Å²) in [5, 5.41) is 10.9. The van der Waals surface area contributed by atoms with E-state index < -0.39 is 28.9 Å². The van der Waals surface area contributed by atoms with E-state index in [9.17, 15) is 14.9 Å². The Hall–Kier alpha value is -3.53. The Balaban J connectivity index is 1.71. The molecule has 0 radical (unpaired) electrons. The molecule has 0 unspecified atom stereocenters. The minimum Gasteiger partial charge on any atom is -0.497 e. The second kappa shape index (κ2) is 13.5. The first-order chi connectivity index (χ1) is 18.5. The maximum atomic E-state index is 12.6. The number of non-ortho nitro benzene ring substituents is 1. The Morgan fingerprint density at radius 3 is 2.36 bits per heavy atom. The number of methoxy groups -OCH3 is 1. The zero-order valence-corrected chi connectivity index (χ0v) is 23.1. The number of hydrogen-bond acceptors (Lipinski definition) is 8. The fourth-order valence-electron chi connectivity index (χ4n) is 4.17. The third kappa shape index (κ3) is 8.48. The third-order valence-electron chi connectivity index (χ3n) is 6.50. The maximum absolute atomic E-state index is 12.6. The molecule has 39 heavy (non-hydrogen) atoms. The average molecular weight is 540 g/mol. The van der Waals surface area contributed by atoms with Crippen LogP contribution in [0.1, 0.15) is 50.0 Å². The molecule has 0 bridgehead atoms. The first-order valence-electron chi connectivity index (χ1n) is 12.9. The third-order valence-corrected chi connectivity index (χ3v) is 6.50. The quantitative estimate of drug-likeness (QED) is 0.132. The van der Waals surface area contributed by atoms with Gasteiger partial charge in [-0.25, -0.2) is 4.79 Å². The van der Waals surface area contributed by atoms with E-state index >= 15 is 0 Å². The van der Waals surface area contributed by atoms with Crippen LogP contribution < -0.4 is 4.74 Å². The summed E-state index contributed by atoms with van der Waals surface area (Å²) in [4.78, 5) is 22.9. The molecule has 1 heterocycles. The van der Waals surface area contributed by atoms with Gasteiger partial charge in [0.25, 0.3) is 5.69 Å². The largest absolute Gasteiger partial charge is 0.497 e. The number of nitro benzene ring substituents is 1. The molecule has 1 aliphatic heterocycles.